The lowest BCUT2D eigenvalue weighted by molar-refractivity contribution is -0.146. The third kappa shape index (κ3) is 2.77. The van der Waals surface area contributed by atoms with Crippen molar-refractivity contribution in [1.82, 2.24) is 15.1 Å². The van der Waals surface area contributed by atoms with E-state index in [0.29, 0.717) is 11.4 Å². The Labute approximate surface area is 133 Å². The lowest BCUT2D eigenvalue weighted by atomic mass is 10.0. The zero-order chi connectivity index (χ0) is 16.4. The minimum absolute atomic E-state index is 0.284. The van der Waals surface area contributed by atoms with Crippen molar-refractivity contribution in [2.45, 2.75) is 32.5 Å². The number of ether oxygens (including phenoxy) is 1. The molecule has 0 unspecified atom stereocenters. The molecule has 7 nitrogen and oxygen atoms in total. The van der Waals surface area contributed by atoms with Gasteiger partial charge in [-0.25, -0.2) is 0 Å². The third-order valence-corrected chi connectivity index (χ3v) is 3.78. The normalized spacial score (nSPS) is 19.5. The molecule has 0 aliphatic carbocycles. The molecule has 2 heterocycles. The average Bonchev–Trinajstić information content (AvgIpc) is 3.01. The molecule has 23 heavy (non-hydrogen) atoms. The molecule has 120 valence electrons. The highest BCUT2D eigenvalue weighted by Gasteiger charge is 2.47. The van der Waals surface area contributed by atoms with Gasteiger partial charge in [0.15, 0.2) is 0 Å². The van der Waals surface area contributed by atoms with Crippen molar-refractivity contribution in [3.8, 4) is 5.75 Å². The minimum atomic E-state index is -1.60. The molecule has 1 aromatic carbocycles. The number of benzene rings is 1. The number of carbonyl (C=O) groups is 2. The highest BCUT2D eigenvalue weighted by atomic mass is 16.5. The van der Waals surface area contributed by atoms with Crippen molar-refractivity contribution < 1.29 is 14.3 Å². The van der Waals surface area contributed by atoms with Crippen LogP contribution in [0.15, 0.2) is 36.7 Å². The van der Waals surface area contributed by atoms with Gasteiger partial charge in [-0.05, 0) is 26.0 Å². The molecular formula is C16H18N4O3. The lowest BCUT2D eigenvalue weighted by Gasteiger charge is -2.33. The first kappa shape index (κ1) is 15.1. The maximum atomic E-state index is 12.5. The van der Waals surface area contributed by atoms with Gasteiger partial charge < -0.3 is 15.4 Å². The van der Waals surface area contributed by atoms with Gasteiger partial charge in [0.1, 0.15) is 5.75 Å². The standard InChI is InChI=1S/C16H18N4O3/c1-3-20-10-11(9-18-20)8-17-14(21)16(2)15(22)19-12-6-4-5-7-13(12)23-16/h4-7,9-10H,3,8H2,1-2H3,(H,17,21)(H,19,22)/t16-/m0/s1. The van der Waals surface area contributed by atoms with Gasteiger partial charge in [0.05, 0.1) is 11.9 Å². The van der Waals surface area contributed by atoms with E-state index in [2.05, 4.69) is 15.7 Å². The van der Waals surface area contributed by atoms with Crippen LogP contribution in [0.3, 0.4) is 0 Å². The largest absolute Gasteiger partial charge is 0.466 e. The van der Waals surface area contributed by atoms with Crippen LogP contribution in [0.4, 0.5) is 5.69 Å². The average molecular weight is 314 g/mol. The van der Waals surface area contributed by atoms with Gasteiger partial charge >= 0.3 is 0 Å². The van der Waals surface area contributed by atoms with Crippen molar-refractivity contribution in [3.05, 3.63) is 42.2 Å². The second kappa shape index (κ2) is 5.75. The monoisotopic (exact) mass is 314 g/mol. The molecule has 0 saturated heterocycles. The Morgan fingerprint density at radius 2 is 2.22 bits per heavy atom. The Morgan fingerprint density at radius 1 is 1.43 bits per heavy atom. The first-order valence-electron chi connectivity index (χ1n) is 7.42. The number of rotatable bonds is 4. The van der Waals surface area contributed by atoms with Crippen LogP contribution < -0.4 is 15.4 Å². The number of hydrogen-bond donors (Lipinski definition) is 2. The van der Waals surface area contributed by atoms with E-state index in [0.717, 1.165) is 12.1 Å². The summed E-state index contributed by atoms with van der Waals surface area (Å²) in [5.74, 6) is -0.504. The molecular weight excluding hydrogens is 296 g/mol. The summed E-state index contributed by atoms with van der Waals surface area (Å²) < 4.78 is 7.43. The van der Waals surface area contributed by atoms with Gasteiger partial charge in [-0.1, -0.05) is 12.1 Å². The zero-order valence-electron chi connectivity index (χ0n) is 13.0. The molecule has 1 atom stereocenters. The van der Waals surface area contributed by atoms with Crippen LogP contribution in [0, 0.1) is 0 Å². The SMILES string of the molecule is CCn1cc(CNC(=O)[C@]2(C)Oc3ccccc3NC2=O)cn1. The molecule has 0 saturated carbocycles. The van der Waals surface area contributed by atoms with E-state index >= 15 is 0 Å². The molecule has 1 aliphatic rings. The van der Waals surface area contributed by atoms with Gasteiger partial charge in [-0.2, -0.15) is 5.10 Å². The van der Waals surface area contributed by atoms with Gasteiger partial charge in [0.2, 0.25) is 0 Å². The molecule has 7 heteroatoms. The molecule has 2 amide bonds. The highest BCUT2D eigenvalue weighted by Crippen LogP contribution is 2.33. The lowest BCUT2D eigenvalue weighted by Crippen LogP contribution is -2.58. The summed E-state index contributed by atoms with van der Waals surface area (Å²) >= 11 is 0. The van der Waals surface area contributed by atoms with Gasteiger partial charge in [-0.3, -0.25) is 14.3 Å². The maximum absolute atomic E-state index is 12.5. The van der Waals surface area contributed by atoms with Crippen LogP contribution in [0.25, 0.3) is 0 Å². The summed E-state index contributed by atoms with van der Waals surface area (Å²) in [6.45, 7) is 4.48. The second-order valence-electron chi connectivity index (χ2n) is 5.47. The van der Waals surface area contributed by atoms with Crippen molar-refractivity contribution in [2.24, 2.45) is 0 Å². The van der Waals surface area contributed by atoms with E-state index in [9.17, 15) is 9.59 Å². The van der Waals surface area contributed by atoms with E-state index in [4.69, 9.17) is 4.74 Å². The molecule has 0 spiro atoms. The van der Waals surface area contributed by atoms with E-state index < -0.39 is 17.4 Å². The molecule has 0 bridgehead atoms. The number of amides is 2. The van der Waals surface area contributed by atoms with Crippen LogP contribution in [-0.2, 0) is 22.7 Å². The van der Waals surface area contributed by atoms with Gasteiger partial charge in [0, 0.05) is 24.8 Å². The minimum Gasteiger partial charge on any atom is -0.466 e. The van der Waals surface area contributed by atoms with Crippen LogP contribution in [0.2, 0.25) is 0 Å². The Bertz CT molecular complexity index is 755. The quantitative estimate of drug-likeness (QED) is 0.833. The Morgan fingerprint density at radius 3 is 2.96 bits per heavy atom. The predicted molar refractivity (Wildman–Crippen MR) is 83.9 cm³/mol. The number of anilines is 1. The van der Waals surface area contributed by atoms with Gasteiger partial charge in [-0.15, -0.1) is 0 Å². The molecule has 2 N–H and O–H groups in total. The van der Waals surface area contributed by atoms with Crippen LogP contribution in [-0.4, -0.2) is 27.2 Å². The molecule has 1 aromatic heterocycles. The Hall–Kier alpha value is -2.83. The number of para-hydroxylation sites is 2. The number of aryl methyl sites for hydroxylation is 1. The topological polar surface area (TPSA) is 85.3 Å². The summed E-state index contributed by atoms with van der Waals surface area (Å²) in [6.07, 6.45) is 3.53. The second-order valence-corrected chi connectivity index (χ2v) is 5.47. The molecule has 0 radical (unpaired) electrons. The molecule has 1 aliphatic heterocycles. The van der Waals surface area contributed by atoms with Crippen molar-refractivity contribution in [2.75, 3.05) is 5.32 Å². The first-order chi connectivity index (χ1) is 11.0. The fourth-order valence-electron chi connectivity index (χ4n) is 2.34. The van der Waals surface area contributed by atoms with E-state index in [-0.39, 0.29) is 6.54 Å². The maximum Gasteiger partial charge on any atom is 0.278 e. The number of hydrogen-bond acceptors (Lipinski definition) is 4. The fourth-order valence-corrected chi connectivity index (χ4v) is 2.34. The van der Waals surface area contributed by atoms with E-state index in [1.807, 2.05) is 13.1 Å². The summed E-state index contributed by atoms with van der Waals surface area (Å²) in [5.41, 5.74) is -0.179. The first-order valence-corrected chi connectivity index (χ1v) is 7.42. The summed E-state index contributed by atoms with van der Waals surface area (Å²) in [7, 11) is 0. The number of nitrogens with one attached hydrogen (secondary N) is 2. The number of aromatic nitrogens is 2. The van der Waals surface area contributed by atoms with Gasteiger partial charge in [0.25, 0.3) is 17.4 Å². The number of carbonyl (C=O) groups excluding carboxylic acids is 2. The van der Waals surface area contributed by atoms with Crippen LogP contribution in [0.5, 0.6) is 5.75 Å². The fraction of sp³-hybridized carbons (Fsp3) is 0.312. The summed E-state index contributed by atoms with van der Waals surface area (Å²) in [4.78, 5) is 24.7. The van der Waals surface area contributed by atoms with Crippen molar-refractivity contribution >= 4 is 17.5 Å². The number of nitrogens with zero attached hydrogens (tertiary/aromatic N) is 2. The summed E-state index contributed by atoms with van der Waals surface area (Å²) in [5, 5.41) is 9.57. The Balaban J connectivity index is 1.72. The smallest absolute Gasteiger partial charge is 0.278 e. The predicted octanol–water partition coefficient (Wildman–Crippen LogP) is 1.31. The Kier molecular flexibility index (Phi) is 3.77. The van der Waals surface area contributed by atoms with Crippen LogP contribution in [0.1, 0.15) is 19.4 Å². The molecule has 3 rings (SSSR count). The third-order valence-electron chi connectivity index (χ3n) is 3.78. The van der Waals surface area contributed by atoms with Crippen LogP contribution >= 0.6 is 0 Å². The molecule has 2 aromatic rings. The zero-order valence-corrected chi connectivity index (χ0v) is 13.0. The summed E-state index contributed by atoms with van der Waals surface area (Å²) in [6, 6.07) is 7.01. The van der Waals surface area contributed by atoms with Crippen molar-refractivity contribution in [1.29, 1.82) is 0 Å². The number of fused-ring (bicyclic) bond motifs is 1. The van der Waals surface area contributed by atoms with E-state index in [1.54, 1.807) is 35.1 Å². The molecule has 0 fully saturated rings. The highest BCUT2D eigenvalue weighted by molar-refractivity contribution is 6.15. The van der Waals surface area contributed by atoms with E-state index in [1.165, 1.54) is 6.92 Å². The van der Waals surface area contributed by atoms with Crippen molar-refractivity contribution in [3.63, 3.8) is 0 Å².